The third-order valence-corrected chi connectivity index (χ3v) is 5.40. The predicted molar refractivity (Wildman–Crippen MR) is 101 cm³/mol. The Kier molecular flexibility index (Phi) is 3.58. The number of hydrogen-bond acceptors (Lipinski definition) is 4. The van der Waals surface area contributed by atoms with E-state index in [1.165, 1.54) is 0 Å². The molecule has 0 saturated heterocycles. The van der Waals surface area contributed by atoms with E-state index in [4.69, 9.17) is 5.73 Å². The number of hydrogen-bond donors (Lipinski definition) is 2. The van der Waals surface area contributed by atoms with Gasteiger partial charge in [-0.05, 0) is 36.1 Å². The minimum Gasteiger partial charge on any atom is -0.327 e. The van der Waals surface area contributed by atoms with Gasteiger partial charge < -0.3 is 10.7 Å². The van der Waals surface area contributed by atoms with Crippen LogP contribution < -0.4 is 5.73 Å². The van der Waals surface area contributed by atoms with Crippen LogP contribution in [0.25, 0.3) is 33.7 Å². The van der Waals surface area contributed by atoms with Crippen molar-refractivity contribution in [1.29, 1.82) is 0 Å². The van der Waals surface area contributed by atoms with Crippen molar-refractivity contribution >= 4 is 11.2 Å². The Labute approximate surface area is 155 Å². The first-order valence-corrected chi connectivity index (χ1v) is 8.99. The summed E-state index contributed by atoms with van der Waals surface area (Å²) >= 11 is 0. The summed E-state index contributed by atoms with van der Waals surface area (Å²) in [5, 5.41) is 4.18. The predicted octanol–water partition coefficient (Wildman–Crippen LogP) is 3.37. The molecular weight excluding hydrogens is 343 g/mol. The van der Waals surface area contributed by atoms with E-state index in [9.17, 15) is 4.39 Å². The minimum absolute atomic E-state index is 0.0614. The lowest BCUT2D eigenvalue weighted by molar-refractivity contribution is 0.337. The molecule has 3 N–H and O–H groups in total. The van der Waals surface area contributed by atoms with Crippen molar-refractivity contribution in [3.63, 3.8) is 0 Å². The number of aromatic nitrogens is 5. The molecule has 1 saturated carbocycles. The second-order valence-corrected chi connectivity index (χ2v) is 7.13. The van der Waals surface area contributed by atoms with Crippen molar-refractivity contribution in [2.24, 2.45) is 12.8 Å². The lowest BCUT2D eigenvalue weighted by Gasteiger charge is -2.34. The van der Waals surface area contributed by atoms with Gasteiger partial charge in [0.25, 0.3) is 0 Å². The highest BCUT2D eigenvalue weighted by molar-refractivity contribution is 5.91. The fourth-order valence-electron chi connectivity index (χ4n) is 3.73. The molecule has 1 fully saturated rings. The van der Waals surface area contributed by atoms with Crippen LogP contribution in [0.1, 0.15) is 24.3 Å². The monoisotopic (exact) mass is 362 g/mol. The lowest BCUT2D eigenvalue weighted by atomic mass is 9.75. The van der Waals surface area contributed by atoms with E-state index in [0.29, 0.717) is 22.6 Å². The number of nitrogens with two attached hydrogens (primary N) is 1. The summed E-state index contributed by atoms with van der Waals surface area (Å²) in [5.41, 5.74) is 10.6. The number of nitrogens with one attached hydrogen (secondary N) is 1. The third kappa shape index (κ3) is 2.62. The quantitative estimate of drug-likeness (QED) is 0.585. The summed E-state index contributed by atoms with van der Waals surface area (Å²) in [6, 6.07) is 7.30. The number of pyridine rings is 1. The van der Waals surface area contributed by atoms with Crippen molar-refractivity contribution in [3.8, 4) is 22.5 Å². The van der Waals surface area contributed by atoms with Crippen LogP contribution in [-0.4, -0.2) is 30.8 Å². The fraction of sp³-hybridized carbons (Fsp3) is 0.250. The molecule has 0 bridgehead atoms. The number of benzene rings is 1. The van der Waals surface area contributed by atoms with E-state index in [1.54, 1.807) is 23.1 Å². The highest BCUT2D eigenvalue weighted by Gasteiger charge is 2.31. The van der Waals surface area contributed by atoms with E-state index in [0.717, 1.165) is 29.5 Å². The van der Waals surface area contributed by atoms with Crippen molar-refractivity contribution in [1.82, 2.24) is 24.7 Å². The van der Waals surface area contributed by atoms with Crippen molar-refractivity contribution < 1.29 is 4.39 Å². The summed E-state index contributed by atoms with van der Waals surface area (Å²) in [6.07, 6.45) is 7.24. The van der Waals surface area contributed by atoms with Crippen molar-refractivity contribution in [3.05, 3.63) is 54.2 Å². The molecular formula is C20H19FN6. The molecule has 6 nitrogen and oxygen atoms in total. The zero-order chi connectivity index (χ0) is 18.5. The molecule has 4 aromatic rings. The Morgan fingerprint density at radius 2 is 2.11 bits per heavy atom. The molecule has 136 valence electrons. The number of aryl methyl sites for hydroxylation is 1. The van der Waals surface area contributed by atoms with Gasteiger partial charge in [0, 0.05) is 37.0 Å². The van der Waals surface area contributed by atoms with Crippen molar-refractivity contribution in [2.75, 3.05) is 0 Å². The van der Waals surface area contributed by atoms with Crippen LogP contribution >= 0.6 is 0 Å². The first-order valence-electron chi connectivity index (χ1n) is 8.99. The number of halogens is 1. The summed E-state index contributed by atoms with van der Waals surface area (Å²) < 4.78 is 16.5. The van der Waals surface area contributed by atoms with Crippen LogP contribution in [0.5, 0.6) is 0 Å². The average molecular weight is 362 g/mol. The standard InChI is InChI=1S/C20H19FN6/c1-27-10-12(9-24-27)19-25-18-13(6-7-23-20(18)26-19)11-2-3-14(16(21)8-11)15-4-5-17(15)22/h2-3,6-10,15,17H,4-5,22H2,1H3,(H,23,25,26)/t15-,17-/m1/s1. The van der Waals surface area contributed by atoms with Gasteiger partial charge in [-0.15, -0.1) is 0 Å². The number of nitrogens with zero attached hydrogens (tertiary/aromatic N) is 4. The maximum Gasteiger partial charge on any atom is 0.158 e. The molecule has 27 heavy (non-hydrogen) atoms. The topological polar surface area (TPSA) is 85.4 Å². The average Bonchev–Trinajstić information content (AvgIpc) is 3.27. The zero-order valence-electron chi connectivity index (χ0n) is 14.9. The van der Waals surface area contributed by atoms with E-state index in [-0.39, 0.29) is 17.8 Å². The molecule has 1 aromatic carbocycles. The van der Waals surface area contributed by atoms with Gasteiger partial charge in [-0.25, -0.2) is 14.4 Å². The van der Waals surface area contributed by atoms with Crippen LogP contribution in [0, 0.1) is 5.82 Å². The maximum absolute atomic E-state index is 14.7. The van der Waals surface area contributed by atoms with Crippen LogP contribution in [0.4, 0.5) is 4.39 Å². The van der Waals surface area contributed by atoms with Gasteiger partial charge in [-0.3, -0.25) is 4.68 Å². The highest BCUT2D eigenvalue weighted by Crippen LogP contribution is 2.38. The van der Waals surface area contributed by atoms with Crippen LogP contribution in [0.15, 0.2) is 42.9 Å². The van der Waals surface area contributed by atoms with Gasteiger partial charge in [-0.2, -0.15) is 5.10 Å². The molecule has 0 spiro atoms. The van der Waals surface area contributed by atoms with Gasteiger partial charge in [-0.1, -0.05) is 12.1 Å². The molecule has 2 atom stereocenters. The van der Waals surface area contributed by atoms with Gasteiger partial charge in [0.1, 0.15) is 17.2 Å². The second-order valence-electron chi connectivity index (χ2n) is 7.13. The maximum atomic E-state index is 14.7. The smallest absolute Gasteiger partial charge is 0.158 e. The second kappa shape index (κ2) is 5.99. The van der Waals surface area contributed by atoms with E-state index in [2.05, 4.69) is 20.1 Å². The van der Waals surface area contributed by atoms with Crippen molar-refractivity contribution in [2.45, 2.75) is 24.8 Å². The molecule has 3 aromatic heterocycles. The fourth-order valence-corrected chi connectivity index (χ4v) is 3.73. The molecule has 0 aliphatic heterocycles. The van der Waals surface area contributed by atoms with Gasteiger partial charge in [0.15, 0.2) is 5.65 Å². The Balaban J connectivity index is 1.58. The Morgan fingerprint density at radius 1 is 1.22 bits per heavy atom. The number of rotatable bonds is 3. The number of fused-ring (bicyclic) bond motifs is 1. The Hall–Kier alpha value is -3.06. The zero-order valence-corrected chi connectivity index (χ0v) is 14.9. The summed E-state index contributed by atoms with van der Waals surface area (Å²) in [5.74, 6) is 0.607. The molecule has 0 amide bonds. The SMILES string of the molecule is Cn1cc(-c2nc3c(-c4ccc([C@H]5CC[C@H]5N)c(F)c4)ccnc3[nH]2)cn1. The summed E-state index contributed by atoms with van der Waals surface area (Å²) in [4.78, 5) is 12.3. The highest BCUT2D eigenvalue weighted by atomic mass is 19.1. The summed E-state index contributed by atoms with van der Waals surface area (Å²) in [7, 11) is 1.86. The molecule has 5 rings (SSSR count). The number of H-pyrrole nitrogens is 1. The summed E-state index contributed by atoms with van der Waals surface area (Å²) in [6.45, 7) is 0. The Bertz CT molecular complexity index is 1140. The number of aromatic amines is 1. The van der Waals surface area contributed by atoms with Crippen LogP contribution in [0.2, 0.25) is 0 Å². The molecule has 0 radical (unpaired) electrons. The third-order valence-electron chi connectivity index (χ3n) is 5.40. The van der Waals surface area contributed by atoms with E-state index < -0.39 is 0 Å². The largest absolute Gasteiger partial charge is 0.327 e. The van der Waals surface area contributed by atoms with Gasteiger partial charge in [0.2, 0.25) is 0 Å². The lowest BCUT2D eigenvalue weighted by Crippen LogP contribution is -2.37. The first-order chi connectivity index (χ1) is 13.1. The Morgan fingerprint density at radius 3 is 2.78 bits per heavy atom. The molecule has 7 heteroatoms. The number of imidazole rings is 1. The molecule has 0 unspecified atom stereocenters. The van der Waals surface area contributed by atoms with Gasteiger partial charge in [0.05, 0.1) is 11.8 Å². The van der Waals surface area contributed by atoms with Crippen LogP contribution in [-0.2, 0) is 7.05 Å². The minimum atomic E-state index is -0.208. The van der Waals surface area contributed by atoms with E-state index >= 15 is 0 Å². The molecule has 1 aliphatic rings. The first kappa shape index (κ1) is 16.1. The normalized spacial score (nSPS) is 19.4. The van der Waals surface area contributed by atoms with Crippen LogP contribution in [0.3, 0.4) is 0 Å². The van der Waals surface area contributed by atoms with Gasteiger partial charge >= 0.3 is 0 Å². The van der Waals surface area contributed by atoms with E-state index in [1.807, 2.05) is 31.4 Å². The molecule has 1 aliphatic carbocycles. The molecule has 3 heterocycles.